The minimum atomic E-state index is -3.59. The van der Waals surface area contributed by atoms with Crippen LogP contribution in [-0.4, -0.2) is 43.7 Å². The maximum Gasteiger partial charge on any atom is 0.338 e. The monoisotopic (exact) mass is 417 g/mol. The lowest BCUT2D eigenvalue weighted by Gasteiger charge is -2.18. The Hall–Kier alpha value is -2.51. The van der Waals surface area contributed by atoms with E-state index >= 15 is 0 Å². The average Bonchev–Trinajstić information content (AvgIpc) is 2.74. The van der Waals surface area contributed by atoms with E-state index in [2.05, 4.69) is 0 Å². The van der Waals surface area contributed by atoms with Crippen LogP contribution in [0.3, 0.4) is 0 Å². The van der Waals surface area contributed by atoms with Crippen LogP contribution in [0.25, 0.3) is 0 Å². The number of nitrogens with zero attached hydrogens (tertiary/aromatic N) is 1. The highest BCUT2D eigenvalue weighted by Gasteiger charge is 2.23. The van der Waals surface area contributed by atoms with Crippen LogP contribution in [0, 0.1) is 0 Å². The number of benzene rings is 2. The van der Waals surface area contributed by atoms with Crippen LogP contribution in [0.1, 0.15) is 54.0 Å². The molecular formula is C22H27NO5S. The van der Waals surface area contributed by atoms with Crippen molar-refractivity contribution in [3.05, 3.63) is 65.2 Å². The highest BCUT2D eigenvalue weighted by molar-refractivity contribution is 7.89. The molecule has 2 aromatic carbocycles. The predicted octanol–water partition coefficient (Wildman–Crippen LogP) is 3.71. The second-order valence-electron chi connectivity index (χ2n) is 6.58. The highest BCUT2D eigenvalue weighted by atomic mass is 32.2. The summed E-state index contributed by atoms with van der Waals surface area (Å²) in [6.07, 6.45) is -0.0759. The van der Waals surface area contributed by atoms with Gasteiger partial charge in [-0.1, -0.05) is 45.0 Å². The number of Topliss-reactive ketones (excluding diaryl/α,β-unsaturated/α-hetero) is 1. The average molecular weight is 418 g/mol. The topological polar surface area (TPSA) is 80.8 Å². The first-order chi connectivity index (χ1) is 13.7. The lowest BCUT2D eigenvalue weighted by molar-refractivity contribution is 0.0318. The first-order valence-corrected chi connectivity index (χ1v) is 11.1. The van der Waals surface area contributed by atoms with E-state index in [-0.39, 0.29) is 16.2 Å². The fourth-order valence-corrected chi connectivity index (χ4v) is 4.36. The summed E-state index contributed by atoms with van der Waals surface area (Å²) in [4.78, 5) is 24.9. The minimum Gasteiger partial charge on any atom is -0.451 e. The van der Waals surface area contributed by atoms with Crippen molar-refractivity contribution in [3.8, 4) is 0 Å². The van der Waals surface area contributed by atoms with Gasteiger partial charge in [0.1, 0.15) is 0 Å². The standard InChI is InChI=1S/C22H27NO5S/c1-5-17-8-10-18(11-9-17)21(24)16(4)28-22(25)19-12-14-20(15-13-19)29(26,27)23(6-2)7-3/h8-16H,5-7H2,1-4H3/t16-/m0/s1. The van der Waals surface area contributed by atoms with Crippen LogP contribution in [-0.2, 0) is 21.2 Å². The van der Waals surface area contributed by atoms with Gasteiger partial charge in [-0.15, -0.1) is 0 Å². The van der Waals surface area contributed by atoms with E-state index in [9.17, 15) is 18.0 Å². The summed E-state index contributed by atoms with van der Waals surface area (Å²) in [6.45, 7) is 7.80. The van der Waals surface area contributed by atoms with E-state index in [0.717, 1.165) is 12.0 Å². The summed E-state index contributed by atoms with van der Waals surface area (Å²) in [5.41, 5.74) is 1.78. The normalized spacial score (nSPS) is 12.6. The van der Waals surface area contributed by atoms with E-state index in [4.69, 9.17) is 4.74 Å². The molecule has 2 rings (SSSR count). The fourth-order valence-electron chi connectivity index (χ4n) is 2.90. The maximum atomic E-state index is 12.5. The van der Waals surface area contributed by atoms with E-state index < -0.39 is 22.1 Å². The van der Waals surface area contributed by atoms with Gasteiger partial charge in [0, 0.05) is 18.7 Å². The lowest BCUT2D eigenvalue weighted by Crippen LogP contribution is -2.30. The van der Waals surface area contributed by atoms with E-state index in [1.807, 2.05) is 19.1 Å². The molecule has 0 saturated carbocycles. The molecule has 2 aromatic rings. The third-order valence-electron chi connectivity index (χ3n) is 4.73. The molecular weight excluding hydrogens is 390 g/mol. The zero-order chi connectivity index (χ0) is 21.6. The van der Waals surface area contributed by atoms with Crippen molar-refractivity contribution in [1.82, 2.24) is 4.31 Å². The molecule has 0 aliphatic carbocycles. The molecule has 1 atom stereocenters. The first-order valence-electron chi connectivity index (χ1n) is 9.68. The van der Waals surface area contributed by atoms with Gasteiger partial charge < -0.3 is 4.74 Å². The van der Waals surface area contributed by atoms with Crippen LogP contribution < -0.4 is 0 Å². The Balaban J connectivity index is 2.09. The SMILES string of the molecule is CCc1ccc(C(=O)[C@H](C)OC(=O)c2ccc(S(=O)(=O)N(CC)CC)cc2)cc1. The van der Waals surface area contributed by atoms with Crippen molar-refractivity contribution in [1.29, 1.82) is 0 Å². The van der Waals surface area contributed by atoms with Crippen LogP contribution in [0.5, 0.6) is 0 Å². The number of hydrogen-bond acceptors (Lipinski definition) is 5. The summed E-state index contributed by atoms with van der Waals surface area (Å²) in [5.74, 6) is -0.968. The number of hydrogen-bond donors (Lipinski definition) is 0. The van der Waals surface area contributed by atoms with Crippen molar-refractivity contribution in [2.75, 3.05) is 13.1 Å². The Morgan fingerprint density at radius 3 is 1.90 bits per heavy atom. The summed E-state index contributed by atoms with van der Waals surface area (Å²) >= 11 is 0. The molecule has 0 aromatic heterocycles. The minimum absolute atomic E-state index is 0.109. The van der Waals surface area contributed by atoms with Crippen LogP contribution >= 0.6 is 0 Å². The van der Waals surface area contributed by atoms with Crippen molar-refractivity contribution in [3.63, 3.8) is 0 Å². The van der Waals surface area contributed by atoms with Crippen LogP contribution in [0.2, 0.25) is 0 Å². The lowest BCUT2D eigenvalue weighted by atomic mass is 10.0. The van der Waals surface area contributed by atoms with Gasteiger partial charge in [-0.3, -0.25) is 4.79 Å². The molecule has 0 radical (unpaired) electrons. The van der Waals surface area contributed by atoms with Crippen molar-refractivity contribution < 1.29 is 22.7 Å². The number of rotatable bonds is 9. The molecule has 0 saturated heterocycles. The molecule has 0 aliphatic heterocycles. The van der Waals surface area contributed by atoms with Gasteiger partial charge in [-0.05, 0) is 43.2 Å². The summed E-state index contributed by atoms with van der Waals surface area (Å²) < 4.78 is 31.6. The highest BCUT2D eigenvalue weighted by Crippen LogP contribution is 2.17. The number of esters is 1. The first kappa shape index (κ1) is 22.8. The predicted molar refractivity (Wildman–Crippen MR) is 112 cm³/mol. The molecule has 7 heteroatoms. The molecule has 29 heavy (non-hydrogen) atoms. The zero-order valence-corrected chi connectivity index (χ0v) is 18.0. The largest absolute Gasteiger partial charge is 0.451 e. The Kier molecular flexibility index (Phi) is 7.70. The maximum absolute atomic E-state index is 12.5. The molecule has 6 nitrogen and oxygen atoms in total. The number of ether oxygens (including phenoxy) is 1. The number of carbonyl (C=O) groups is 2. The number of aryl methyl sites for hydroxylation is 1. The fraction of sp³-hybridized carbons (Fsp3) is 0.364. The Bertz CT molecular complexity index is 946. The second-order valence-corrected chi connectivity index (χ2v) is 8.51. The Morgan fingerprint density at radius 1 is 0.897 bits per heavy atom. The quantitative estimate of drug-likeness (QED) is 0.459. The Labute approximate surface area is 172 Å². The molecule has 0 fully saturated rings. The van der Waals surface area contributed by atoms with Gasteiger partial charge in [0.2, 0.25) is 15.8 Å². The van der Waals surface area contributed by atoms with E-state index in [1.165, 1.54) is 35.5 Å². The molecule has 0 amide bonds. The van der Waals surface area contributed by atoms with Crippen LogP contribution in [0.4, 0.5) is 0 Å². The number of carbonyl (C=O) groups excluding carboxylic acids is 2. The second kappa shape index (κ2) is 9.80. The van der Waals surface area contributed by atoms with E-state index in [0.29, 0.717) is 18.7 Å². The van der Waals surface area contributed by atoms with Gasteiger partial charge in [-0.25, -0.2) is 13.2 Å². The van der Waals surface area contributed by atoms with Gasteiger partial charge in [-0.2, -0.15) is 4.31 Å². The van der Waals surface area contributed by atoms with Crippen molar-refractivity contribution in [2.45, 2.75) is 45.1 Å². The third kappa shape index (κ3) is 5.31. The third-order valence-corrected chi connectivity index (χ3v) is 6.80. The number of ketones is 1. The molecule has 0 N–H and O–H groups in total. The summed E-state index contributed by atoms with van der Waals surface area (Å²) in [6, 6.07) is 12.7. The smallest absolute Gasteiger partial charge is 0.338 e. The van der Waals surface area contributed by atoms with Gasteiger partial charge in [0.25, 0.3) is 0 Å². The molecule has 0 unspecified atom stereocenters. The van der Waals surface area contributed by atoms with E-state index in [1.54, 1.807) is 26.0 Å². The summed E-state index contributed by atoms with van der Waals surface area (Å²) in [7, 11) is -3.59. The number of sulfonamides is 1. The van der Waals surface area contributed by atoms with Gasteiger partial charge in [0.05, 0.1) is 10.5 Å². The molecule has 0 heterocycles. The molecule has 0 bridgehead atoms. The molecule has 156 valence electrons. The van der Waals surface area contributed by atoms with Gasteiger partial charge in [0.15, 0.2) is 6.10 Å². The Morgan fingerprint density at radius 2 is 1.41 bits per heavy atom. The van der Waals surface area contributed by atoms with Crippen LogP contribution in [0.15, 0.2) is 53.4 Å². The van der Waals surface area contributed by atoms with Crippen molar-refractivity contribution >= 4 is 21.8 Å². The van der Waals surface area contributed by atoms with Crippen molar-refractivity contribution in [2.24, 2.45) is 0 Å². The summed E-state index contributed by atoms with van der Waals surface area (Å²) in [5, 5.41) is 0. The zero-order valence-electron chi connectivity index (χ0n) is 17.2. The molecule has 0 spiro atoms. The molecule has 0 aliphatic rings. The van der Waals surface area contributed by atoms with Gasteiger partial charge >= 0.3 is 5.97 Å².